The van der Waals surface area contributed by atoms with Crippen LogP contribution in [0.5, 0.6) is 0 Å². The predicted molar refractivity (Wildman–Crippen MR) is 63.6 cm³/mol. The zero-order chi connectivity index (χ0) is 10.4. The van der Waals surface area contributed by atoms with Crippen molar-refractivity contribution in [2.75, 3.05) is 13.1 Å². The van der Waals surface area contributed by atoms with Crippen LogP contribution < -0.4 is 15.2 Å². The molecule has 78 valence electrons. The van der Waals surface area contributed by atoms with Crippen LogP contribution in [0, 0.1) is 6.92 Å². The average Bonchev–Trinajstić information content (AvgIpc) is 2.49. The zero-order valence-corrected chi connectivity index (χ0v) is 9.47. The van der Waals surface area contributed by atoms with Crippen molar-refractivity contribution in [3.05, 3.63) is 33.3 Å². The Morgan fingerprint density at radius 3 is 2.93 bits per heavy atom. The van der Waals surface area contributed by atoms with E-state index < -0.39 is 0 Å². The van der Waals surface area contributed by atoms with Gasteiger partial charge in [0.1, 0.15) is 13.1 Å². The Balaban J connectivity index is 2.43. The Hall–Kier alpha value is -1.11. The molecular weight excluding hydrogens is 182 g/mol. The van der Waals surface area contributed by atoms with E-state index in [-0.39, 0.29) is 0 Å². The highest BCUT2D eigenvalue weighted by Gasteiger charge is 2.24. The highest BCUT2D eigenvalue weighted by molar-refractivity contribution is 5.36. The molecule has 3 rings (SSSR count). The van der Waals surface area contributed by atoms with E-state index in [9.17, 15) is 0 Å². The van der Waals surface area contributed by atoms with Gasteiger partial charge in [0.2, 0.25) is 5.36 Å². The second-order valence-corrected chi connectivity index (χ2v) is 4.84. The molecule has 0 radical (unpaired) electrons. The van der Waals surface area contributed by atoms with Gasteiger partial charge < -0.3 is 0 Å². The van der Waals surface area contributed by atoms with E-state index >= 15 is 0 Å². The Kier molecular flexibility index (Phi) is 1.95. The zero-order valence-electron chi connectivity index (χ0n) is 9.47. The minimum Gasteiger partial charge on any atom is -0.229 e. The van der Waals surface area contributed by atoms with Gasteiger partial charge in [-0.3, -0.25) is 0 Å². The fourth-order valence-electron chi connectivity index (χ4n) is 3.04. The second kappa shape index (κ2) is 3.19. The van der Waals surface area contributed by atoms with Gasteiger partial charge in [-0.05, 0) is 36.6 Å². The first-order valence-corrected chi connectivity index (χ1v) is 5.99. The lowest BCUT2D eigenvalue weighted by atomic mass is 9.97. The van der Waals surface area contributed by atoms with E-state index in [4.69, 9.17) is 0 Å². The van der Waals surface area contributed by atoms with Crippen LogP contribution >= 0.6 is 0 Å². The smallest absolute Gasteiger partial charge is 0.206 e. The maximum Gasteiger partial charge on any atom is 0.206 e. The van der Waals surface area contributed by atoms with Gasteiger partial charge in [0.05, 0.1) is 0 Å². The Bertz CT molecular complexity index is 525. The first kappa shape index (κ1) is 9.14. The van der Waals surface area contributed by atoms with Crippen molar-refractivity contribution in [1.29, 1.82) is 0 Å². The molecule has 0 bridgehead atoms. The summed E-state index contributed by atoms with van der Waals surface area (Å²) >= 11 is 0. The molecule has 2 aliphatic heterocycles. The Morgan fingerprint density at radius 2 is 2.07 bits per heavy atom. The first-order valence-electron chi connectivity index (χ1n) is 5.99. The number of nitrogens with zero attached hydrogens (tertiary/aromatic N) is 1. The summed E-state index contributed by atoms with van der Waals surface area (Å²) in [6.07, 6.45) is 5.17. The van der Waals surface area contributed by atoms with Crippen LogP contribution in [0.15, 0.2) is 6.07 Å². The van der Waals surface area contributed by atoms with Crippen LogP contribution in [0.2, 0.25) is 0 Å². The molecule has 1 heteroatoms. The lowest BCUT2D eigenvalue weighted by Crippen LogP contribution is -2.30. The molecule has 1 nitrogen and oxygen atoms in total. The largest absolute Gasteiger partial charge is 0.229 e. The van der Waals surface area contributed by atoms with Gasteiger partial charge in [-0.1, -0.05) is 6.58 Å². The molecule has 2 aliphatic rings. The molecule has 0 saturated carbocycles. The molecule has 1 aromatic carbocycles. The van der Waals surface area contributed by atoms with E-state index in [2.05, 4.69) is 24.1 Å². The van der Waals surface area contributed by atoms with E-state index in [1.165, 1.54) is 49.6 Å². The van der Waals surface area contributed by atoms with Crippen molar-refractivity contribution >= 4 is 6.58 Å². The molecule has 15 heavy (non-hydrogen) atoms. The molecule has 0 aliphatic carbocycles. The average molecular weight is 200 g/mol. The lowest BCUT2D eigenvalue weighted by Gasteiger charge is -2.03. The third kappa shape index (κ3) is 1.26. The summed E-state index contributed by atoms with van der Waals surface area (Å²) in [5.41, 5.74) is 4.57. The van der Waals surface area contributed by atoms with Crippen LogP contribution in [-0.4, -0.2) is 13.1 Å². The van der Waals surface area contributed by atoms with Crippen LogP contribution in [0.4, 0.5) is 0 Å². The monoisotopic (exact) mass is 200 g/mol. The van der Waals surface area contributed by atoms with Crippen LogP contribution in [-0.2, 0) is 12.8 Å². The minimum atomic E-state index is 1.23. The standard InChI is InChI=1S/C14H18N/c1-10-9-12-6-8-15-7-4-3-5-13(11(10)2)14(12)15/h9H,1,3-8H2,2H3/q+1. The summed E-state index contributed by atoms with van der Waals surface area (Å²) in [7, 11) is 0. The molecular formula is C14H18N+. The molecule has 2 heterocycles. The van der Waals surface area contributed by atoms with Crippen molar-refractivity contribution < 1.29 is 0 Å². The first-order chi connectivity index (χ1) is 7.27. The summed E-state index contributed by atoms with van der Waals surface area (Å²) < 4.78 is 2.59. The lowest BCUT2D eigenvalue weighted by molar-refractivity contribution is 0.582. The second-order valence-electron chi connectivity index (χ2n) is 4.84. The highest BCUT2D eigenvalue weighted by Crippen LogP contribution is 2.11. The van der Waals surface area contributed by atoms with Gasteiger partial charge in [-0.25, -0.2) is 4.58 Å². The normalized spacial score (nSPS) is 18.9. The van der Waals surface area contributed by atoms with Crippen LogP contribution in [0.3, 0.4) is 0 Å². The van der Waals surface area contributed by atoms with E-state index in [0.29, 0.717) is 0 Å². The molecule has 0 aromatic heterocycles. The molecule has 0 atom stereocenters. The number of benzene rings is 1. The SMILES string of the molecule is C=c1cc2c3c(c1C)CCCC[N+]=3CC2. The Labute approximate surface area is 90.8 Å². The van der Waals surface area contributed by atoms with Crippen LogP contribution in [0.25, 0.3) is 6.58 Å². The predicted octanol–water partition coefficient (Wildman–Crippen LogP) is 0.789. The van der Waals surface area contributed by atoms with E-state index in [1.54, 1.807) is 16.5 Å². The molecule has 0 amide bonds. The summed E-state index contributed by atoms with van der Waals surface area (Å²) in [6.45, 7) is 8.89. The van der Waals surface area contributed by atoms with E-state index in [0.717, 1.165) is 0 Å². The molecule has 0 N–H and O–H groups in total. The maximum atomic E-state index is 4.17. The minimum absolute atomic E-state index is 1.23. The fraction of sp³-hybridized carbons (Fsp3) is 0.500. The van der Waals surface area contributed by atoms with E-state index in [1.807, 2.05) is 0 Å². The van der Waals surface area contributed by atoms with Crippen molar-refractivity contribution in [3.8, 4) is 0 Å². The van der Waals surface area contributed by atoms with Gasteiger partial charge in [-0.15, -0.1) is 0 Å². The van der Waals surface area contributed by atoms with Gasteiger partial charge >= 0.3 is 0 Å². The summed E-state index contributed by atoms with van der Waals surface area (Å²) in [6, 6.07) is 2.31. The maximum absolute atomic E-state index is 4.17. The summed E-state index contributed by atoms with van der Waals surface area (Å²) in [5, 5.41) is 2.81. The van der Waals surface area contributed by atoms with Crippen molar-refractivity contribution in [3.63, 3.8) is 0 Å². The summed E-state index contributed by atoms with van der Waals surface area (Å²) in [4.78, 5) is 0. The Morgan fingerprint density at radius 1 is 1.20 bits per heavy atom. The molecule has 1 aromatic rings. The van der Waals surface area contributed by atoms with Crippen LogP contribution in [0.1, 0.15) is 29.5 Å². The van der Waals surface area contributed by atoms with Gasteiger partial charge in [0, 0.05) is 24.0 Å². The number of rotatable bonds is 0. The molecule has 0 unspecified atom stereocenters. The highest BCUT2D eigenvalue weighted by atomic mass is 15.0. The number of hydrogen-bond acceptors (Lipinski definition) is 0. The molecule has 0 spiro atoms. The topological polar surface area (TPSA) is 3.01 Å². The number of hydrogen-bond donors (Lipinski definition) is 0. The quantitative estimate of drug-likeness (QED) is 0.545. The third-order valence-corrected chi connectivity index (χ3v) is 3.94. The fourth-order valence-corrected chi connectivity index (χ4v) is 3.04. The molecule has 0 fully saturated rings. The summed E-state index contributed by atoms with van der Waals surface area (Å²) in [5.74, 6) is 0. The van der Waals surface area contributed by atoms with Crippen molar-refractivity contribution in [2.45, 2.75) is 32.6 Å². The molecule has 0 saturated heterocycles. The van der Waals surface area contributed by atoms with Crippen molar-refractivity contribution in [1.82, 2.24) is 4.58 Å². The van der Waals surface area contributed by atoms with Gasteiger partial charge in [0.25, 0.3) is 0 Å². The third-order valence-electron chi connectivity index (χ3n) is 3.94. The van der Waals surface area contributed by atoms with Crippen molar-refractivity contribution in [2.24, 2.45) is 0 Å². The van der Waals surface area contributed by atoms with Gasteiger partial charge in [0.15, 0.2) is 0 Å². The van der Waals surface area contributed by atoms with Gasteiger partial charge in [-0.2, -0.15) is 0 Å².